The predicted molar refractivity (Wildman–Crippen MR) is 112 cm³/mol. The van der Waals surface area contributed by atoms with E-state index in [1.807, 2.05) is 0 Å². The first-order valence-electron chi connectivity index (χ1n) is 10.2. The third-order valence-electron chi connectivity index (χ3n) is 5.41. The fourth-order valence-electron chi connectivity index (χ4n) is 3.80. The lowest BCUT2D eigenvalue weighted by molar-refractivity contribution is -0.137. The highest BCUT2D eigenvalue weighted by molar-refractivity contribution is 5.94. The van der Waals surface area contributed by atoms with Crippen LogP contribution in [0, 0.1) is 11.6 Å². The van der Waals surface area contributed by atoms with Gasteiger partial charge in [-0.05, 0) is 60.7 Å². The fourth-order valence-corrected chi connectivity index (χ4v) is 3.80. The van der Waals surface area contributed by atoms with E-state index in [0.29, 0.717) is 36.5 Å². The van der Waals surface area contributed by atoms with Gasteiger partial charge in [0, 0.05) is 17.2 Å². The van der Waals surface area contributed by atoms with Gasteiger partial charge in [0.25, 0.3) is 0 Å². The molecule has 2 aromatic carbocycles. The molecule has 1 N–H and O–H groups in total. The van der Waals surface area contributed by atoms with Crippen molar-refractivity contribution in [3.8, 4) is 5.75 Å². The number of benzene rings is 2. The van der Waals surface area contributed by atoms with E-state index in [9.17, 15) is 31.9 Å². The molecule has 0 unspecified atom stereocenters. The molecule has 0 saturated carbocycles. The Labute approximate surface area is 190 Å². The molecule has 1 aliphatic carbocycles. The highest BCUT2D eigenvalue weighted by Crippen LogP contribution is 2.44. The van der Waals surface area contributed by atoms with Crippen LogP contribution in [0.3, 0.4) is 0 Å². The maximum atomic E-state index is 14.0. The molecule has 1 aromatic heterocycles. The summed E-state index contributed by atoms with van der Waals surface area (Å²) < 4.78 is 73.3. The number of allylic oxidation sites excluding steroid dienone is 2. The second kappa shape index (κ2) is 9.20. The van der Waals surface area contributed by atoms with Crippen molar-refractivity contribution in [1.29, 1.82) is 0 Å². The number of alkyl halides is 3. The second-order valence-electron chi connectivity index (χ2n) is 7.64. The van der Waals surface area contributed by atoms with Crippen molar-refractivity contribution in [2.75, 3.05) is 0 Å². The van der Waals surface area contributed by atoms with Crippen LogP contribution in [0.25, 0.3) is 11.1 Å². The average Bonchev–Trinajstić information content (AvgIpc) is 3.27. The minimum Gasteiger partial charge on any atom is -0.488 e. The summed E-state index contributed by atoms with van der Waals surface area (Å²) in [6.45, 7) is -0.332. The lowest BCUT2D eigenvalue weighted by Crippen LogP contribution is -2.08. The zero-order valence-electron chi connectivity index (χ0n) is 17.5. The van der Waals surface area contributed by atoms with E-state index >= 15 is 0 Å². The summed E-state index contributed by atoms with van der Waals surface area (Å²) >= 11 is 0. The molecule has 0 amide bonds. The molecule has 1 heterocycles. The molecule has 0 spiro atoms. The first kappa shape index (κ1) is 23.3. The van der Waals surface area contributed by atoms with Crippen LogP contribution in [0.1, 0.15) is 52.1 Å². The van der Waals surface area contributed by atoms with Crippen molar-refractivity contribution in [2.24, 2.45) is 0 Å². The number of rotatable bonds is 6. The van der Waals surface area contributed by atoms with Crippen LogP contribution in [-0.2, 0) is 12.8 Å². The predicted octanol–water partition coefficient (Wildman–Crippen LogP) is 6.15. The SMILES string of the molecule is O=C(O)c1cncc(C2=C(c3cc(C(F)(F)F)ccc3OCc3ccc(F)cc3F)CCC2)n1. The second-order valence-corrected chi connectivity index (χ2v) is 7.64. The van der Waals surface area contributed by atoms with Gasteiger partial charge in [-0.25, -0.2) is 18.6 Å². The van der Waals surface area contributed by atoms with E-state index in [0.717, 1.165) is 30.5 Å². The highest BCUT2D eigenvalue weighted by atomic mass is 19.4. The van der Waals surface area contributed by atoms with Crippen LogP contribution in [0.15, 0.2) is 48.8 Å². The molecule has 176 valence electrons. The number of carbonyl (C=O) groups is 1. The van der Waals surface area contributed by atoms with Gasteiger partial charge in [-0.1, -0.05) is 0 Å². The van der Waals surface area contributed by atoms with Crippen molar-refractivity contribution in [1.82, 2.24) is 9.97 Å². The maximum absolute atomic E-state index is 14.0. The summed E-state index contributed by atoms with van der Waals surface area (Å²) in [4.78, 5) is 19.2. The van der Waals surface area contributed by atoms with E-state index in [-0.39, 0.29) is 34.9 Å². The van der Waals surface area contributed by atoms with Gasteiger partial charge in [0.15, 0.2) is 5.69 Å². The fraction of sp³-hybridized carbons (Fsp3) is 0.208. The number of hydrogen-bond acceptors (Lipinski definition) is 4. The van der Waals surface area contributed by atoms with E-state index in [1.165, 1.54) is 12.3 Å². The summed E-state index contributed by atoms with van der Waals surface area (Å²) in [6, 6.07) is 5.91. The molecule has 0 atom stereocenters. The number of halogens is 5. The van der Waals surface area contributed by atoms with Gasteiger partial charge < -0.3 is 9.84 Å². The first-order valence-corrected chi connectivity index (χ1v) is 10.2. The molecule has 34 heavy (non-hydrogen) atoms. The molecule has 10 heteroatoms. The summed E-state index contributed by atoms with van der Waals surface area (Å²) in [5.74, 6) is -2.80. The van der Waals surface area contributed by atoms with Crippen LogP contribution in [0.4, 0.5) is 22.0 Å². The Balaban J connectivity index is 1.78. The normalized spacial score (nSPS) is 13.9. The number of aromatic carboxylic acids is 1. The summed E-state index contributed by atoms with van der Waals surface area (Å²) in [5.41, 5.74) is 0.321. The Morgan fingerprint density at radius 2 is 1.79 bits per heavy atom. The van der Waals surface area contributed by atoms with Gasteiger partial charge in [0.1, 0.15) is 24.0 Å². The quantitative estimate of drug-likeness (QED) is 0.433. The van der Waals surface area contributed by atoms with Crippen LogP contribution < -0.4 is 4.74 Å². The molecule has 1 aliphatic rings. The number of carboxylic acid groups (broad SMARTS) is 1. The van der Waals surface area contributed by atoms with Gasteiger partial charge >= 0.3 is 12.1 Å². The van der Waals surface area contributed by atoms with E-state index in [4.69, 9.17) is 4.74 Å². The molecule has 0 bridgehead atoms. The third kappa shape index (κ3) is 4.90. The number of ether oxygens (including phenoxy) is 1. The van der Waals surface area contributed by atoms with Gasteiger partial charge in [-0.3, -0.25) is 4.98 Å². The van der Waals surface area contributed by atoms with Crippen molar-refractivity contribution in [3.63, 3.8) is 0 Å². The topological polar surface area (TPSA) is 72.3 Å². The standard InChI is InChI=1S/C24H17F5N2O3/c25-15-6-4-13(19(26)9-15)12-34-22-7-5-14(24(27,28)29)8-18(22)16-2-1-3-17(16)20-10-30-11-21(31-20)23(32)33/h4-11H,1-3,12H2,(H,32,33). The molecule has 4 rings (SSSR count). The number of hydrogen-bond donors (Lipinski definition) is 1. The monoisotopic (exact) mass is 476 g/mol. The molecule has 5 nitrogen and oxygen atoms in total. The van der Waals surface area contributed by atoms with Gasteiger partial charge in [-0.15, -0.1) is 0 Å². The lowest BCUT2D eigenvalue weighted by atomic mass is 9.97. The van der Waals surface area contributed by atoms with Crippen LogP contribution >= 0.6 is 0 Å². The molecule has 0 radical (unpaired) electrons. The minimum atomic E-state index is -4.61. The molecule has 0 saturated heterocycles. The van der Waals surface area contributed by atoms with E-state index < -0.39 is 29.3 Å². The number of nitrogens with zero attached hydrogens (tertiary/aromatic N) is 2. The van der Waals surface area contributed by atoms with Crippen molar-refractivity contribution >= 4 is 17.1 Å². The molecule has 0 aliphatic heterocycles. The molecular weight excluding hydrogens is 459 g/mol. The van der Waals surface area contributed by atoms with Crippen LogP contribution in [0.2, 0.25) is 0 Å². The summed E-state index contributed by atoms with van der Waals surface area (Å²) in [5, 5.41) is 9.21. The van der Waals surface area contributed by atoms with Gasteiger partial charge in [-0.2, -0.15) is 13.2 Å². The zero-order valence-corrected chi connectivity index (χ0v) is 17.5. The van der Waals surface area contributed by atoms with E-state index in [2.05, 4.69) is 9.97 Å². The first-order chi connectivity index (χ1) is 16.1. The molecular formula is C24H17F5N2O3. The largest absolute Gasteiger partial charge is 0.488 e. The van der Waals surface area contributed by atoms with Crippen molar-refractivity contribution < 1.29 is 36.6 Å². The number of carboxylic acids is 1. The Kier molecular flexibility index (Phi) is 6.32. The Bertz CT molecular complexity index is 1290. The highest BCUT2D eigenvalue weighted by Gasteiger charge is 2.32. The Hall–Kier alpha value is -3.82. The Morgan fingerprint density at radius 1 is 1.03 bits per heavy atom. The summed E-state index contributed by atoms with van der Waals surface area (Å²) in [6.07, 6.45) is -0.719. The lowest BCUT2D eigenvalue weighted by Gasteiger charge is -2.17. The Morgan fingerprint density at radius 3 is 2.50 bits per heavy atom. The summed E-state index contributed by atoms with van der Waals surface area (Å²) in [7, 11) is 0. The van der Waals surface area contributed by atoms with Crippen molar-refractivity contribution in [3.05, 3.63) is 88.5 Å². The molecule has 3 aromatic rings. The maximum Gasteiger partial charge on any atom is 0.416 e. The zero-order chi connectivity index (χ0) is 24.5. The average molecular weight is 476 g/mol. The minimum absolute atomic E-state index is 0.0351. The van der Waals surface area contributed by atoms with Gasteiger partial charge in [0.05, 0.1) is 23.7 Å². The smallest absolute Gasteiger partial charge is 0.416 e. The molecule has 0 fully saturated rings. The number of aromatic nitrogens is 2. The van der Waals surface area contributed by atoms with Crippen LogP contribution in [-0.4, -0.2) is 21.0 Å². The third-order valence-corrected chi connectivity index (χ3v) is 5.41. The van der Waals surface area contributed by atoms with E-state index in [1.54, 1.807) is 0 Å². The van der Waals surface area contributed by atoms with Gasteiger partial charge in [0.2, 0.25) is 0 Å². The van der Waals surface area contributed by atoms with Crippen LogP contribution in [0.5, 0.6) is 5.75 Å². The van der Waals surface area contributed by atoms with Crippen molar-refractivity contribution in [2.45, 2.75) is 32.0 Å².